The number of fused-ring (bicyclic) bond motifs is 3. The molecule has 0 unspecified atom stereocenters. The van der Waals surface area contributed by atoms with E-state index in [0.29, 0.717) is 19.0 Å². The quantitative estimate of drug-likeness (QED) is 0.551. The predicted molar refractivity (Wildman–Crippen MR) is 112 cm³/mol. The van der Waals surface area contributed by atoms with Crippen molar-refractivity contribution in [2.75, 3.05) is 31.2 Å². The summed E-state index contributed by atoms with van der Waals surface area (Å²) in [7, 11) is 0. The molecule has 0 aliphatic carbocycles. The molecule has 1 fully saturated rings. The summed E-state index contributed by atoms with van der Waals surface area (Å²) in [5.74, 6) is 1.63. The van der Waals surface area contributed by atoms with Crippen molar-refractivity contribution in [1.29, 1.82) is 0 Å². The lowest BCUT2D eigenvalue weighted by molar-refractivity contribution is 0.122. The van der Waals surface area contributed by atoms with Crippen LogP contribution in [-0.2, 0) is 4.74 Å². The minimum absolute atomic E-state index is 0.189. The maximum atomic E-state index is 9.83. The van der Waals surface area contributed by atoms with Gasteiger partial charge in [0, 0.05) is 31.0 Å². The molecule has 1 N–H and O–H groups in total. The highest BCUT2D eigenvalue weighted by Gasteiger charge is 2.22. The molecule has 0 bridgehead atoms. The van der Waals surface area contributed by atoms with Crippen molar-refractivity contribution in [2.45, 2.75) is 13.8 Å². The van der Waals surface area contributed by atoms with Gasteiger partial charge in [0.2, 0.25) is 0 Å². The Kier molecular flexibility index (Phi) is 5.31. The summed E-state index contributed by atoms with van der Waals surface area (Å²) in [4.78, 5) is 21.6. The number of benzene rings is 1. The third-order valence-corrected chi connectivity index (χ3v) is 5.42. The van der Waals surface area contributed by atoms with Crippen LogP contribution in [-0.4, -0.2) is 51.3 Å². The molecule has 1 aliphatic heterocycles. The summed E-state index contributed by atoms with van der Waals surface area (Å²) in [6.07, 6.45) is 3.37. The molecular formula is C20H21N5O2S. The van der Waals surface area contributed by atoms with E-state index in [1.165, 1.54) is 0 Å². The van der Waals surface area contributed by atoms with Crippen LogP contribution in [0.2, 0.25) is 0 Å². The number of thiophene rings is 1. The fourth-order valence-electron chi connectivity index (χ4n) is 3.12. The van der Waals surface area contributed by atoms with E-state index in [1.807, 2.05) is 19.9 Å². The SMILES string of the molecule is CC.Oc1cccc(-c2nc(N3CCOCC3)c3sc4nccnc4c3n2)c1. The molecule has 1 saturated heterocycles. The van der Waals surface area contributed by atoms with Crippen LogP contribution < -0.4 is 4.90 Å². The lowest BCUT2D eigenvalue weighted by atomic mass is 10.2. The second-order valence-electron chi connectivity index (χ2n) is 6.01. The van der Waals surface area contributed by atoms with E-state index in [-0.39, 0.29) is 5.75 Å². The van der Waals surface area contributed by atoms with Gasteiger partial charge >= 0.3 is 0 Å². The number of aromatic nitrogens is 4. The van der Waals surface area contributed by atoms with Crippen LogP contribution in [0.4, 0.5) is 5.82 Å². The van der Waals surface area contributed by atoms with E-state index in [0.717, 1.165) is 45.0 Å². The van der Waals surface area contributed by atoms with Gasteiger partial charge in [0.25, 0.3) is 0 Å². The number of ether oxygens (including phenoxy) is 1. The molecule has 4 heterocycles. The van der Waals surface area contributed by atoms with Crippen LogP contribution in [0.1, 0.15) is 13.8 Å². The molecule has 0 amide bonds. The molecule has 1 aliphatic rings. The Hall–Kier alpha value is -2.84. The van der Waals surface area contributed by atoms with E-state index in [2.05, 4.69) is 14.9 Å². The normalized spacial score (nSPS) is 14.1. The van der Waals surface area contributed by atoms with Crippen molar-refractivity contribution >= 4 is 37.7 Å². The molecule has 0 radical (unpaired) electrons. The van der Waals surface area contributed by atoms with Crippen molar-refractivity contribution in [3.63, 3.8) is 0 Å². The van der Waals surface area contributed by atoms with Crippen LogP contribution in [0.3, 0.4) is 0 Å². The topological polar surface area (TPSA) is 84.3 Å². The number of phenols is 1. The van der Waals surface area contributed by atoms with E-state index in [1.54, 1.807) is 41.9 Å². The van der Waals surface area contributed by atoms with E-state index in [4.69, 9.17) is 14.7 Å². The molecular weight excluding hydrogens is 374 g/mol. The van der Waals surface area contributed by atoms with Gasteiger partial charge in [0.15, 0.2) is 11.6 Å². The van der Waals surface area contributed by atoms with Gasteiger partial charge in [0.05, 0.1) is 17.9 Å². The number of morpholine rings is 1. The second kappa shape index (κ2) is 8.04. The monoisotopic (exact) mass is 395 g/mol. The van der Waals surface area contributed by atoms with Gasteiger partial charge in [-0.3, -0.25) is 0 Å². The number of phenolic OH excluding ortho intramolecular Hbond substituents is 1. The predicted octanol–water partition coefficient (Wildman–Crippen LogP) is 3.87. The number of anilines is 1. The van der Waals surface area contributed by atoms with E-state index >= 15 is 0 Å². The molecule has 8 heteroatoms. The van der Waals surface area contributed by atoms with Gasteiger partial charge in [-0.15, -0.1) is 11.3 Å². The van der Waals surface area contributed by atoms with Crippen molar-refractivity contribution < 1.29 is 9.84 Å². The highest BCUT2D eigenvalue weighted by molar-refractivity contribution is 7.25. The zero-order valence-electron chi connectivity index (χ0n) is 15.8. The number of nitrogens with zero attached hydrogens (tertiary/aromatic N) is 5. The Morgan fingerprint density at radius 2 is 1.82 bits per heavy atom. The lowest BCUT2D eigenvalue weighted by Gasteiger charge is -2.28. The zero-order valence-corrected chi connectivity index (χ0v) is 16.6. The smallest absolute Gasteiger partial charge is 0.162 e. The average Bonchev–Trinajstić information content (AvgIpc) is 3.14. The third kappa shape index (κ3) is 3.36. The van der Waals surface area contributed by atoms with Crippen molar-refractivity contribution in [2.24, 2.45) is 0 Å². The first-order chi connectivity index (χ1) is 13.8. The average molecular weight is 395 g/mol. The second-order valence-corrected chi connectivity index (χ2v) is 7.01. The highest BCUT2D eigenvalue weighted by atomic mass is 32.1. The van der Waals surface area contributed by atoms with Gasteiger partial charge in [-0.25, -0.2) is 19.9 Å². The molecule has 1 aromatic carbocycles. The molecule has 0 spiro atoms. The molecule has 7 nitrogen and oxygen atoms in total. The number of rotatable bonds is 2. The minimum atomic E-state index is 0.189. The molecule has 3 aromatic heterocycles. The van der Waals surface area contributed by atoms with E-state index in [9.17, 15) is 5.11 Å². The Labute approximate surface area is 166 Å². The summed E-state index contributed by atoms with van der Waals surface area (Å²) in [5.41, 5.74) is 2.35. The van der Waals surface area contributed by atoms with Gasteiger partial charge in [-0.2, -0.15) is 0 Å². The summed E-state index contributed by atoms with van der Waals surface area (Å²) in [6, 6.07) is 6.99. The van der Waals surface area contributed by atoms with Gasteiger partial charge in [-0.05, 0) is 12.1 Å². The summed E-state index contributed by atoms with van der Waals surface area (Å²) in [5, 5.41) is 9.83. The molecule has 28 heavy (non-hydrogen) atoms. The van der Waals surface area contributed by atoms with Crippen LogP contribution >= 0.6 is 11.3 Å². The minimum Gasteiger partial charge on any atom is -0.508 e. The Balaban J connectivity index is 0.000000932. The van der Waals surface area contributed by atoms with Crippen molar-refractivity contribution in [3.8, 4) is 17.1 Å². The lowest BCUT2D eigenvalue weighted by Crippen LogP contribution is -2.36. The van der Waals surface area contributed by atoms with E-state index < -0.39 is 0 Å². The fraction of sp³-hybridized carbons (Fsp3) is 0.300. The van der Waals surface area contributed by atoms with Crippen LogP contribution in [0.15, 0.2) is 36.7 Å². The first kappa shape index (κ1) is 18.5. The summed E-state index contributed by atoms with van der Waals surface area (Å²) >= 11 is 1.56. The fourth-order valence-corrected chi connectivity index (χ4v) is 4.17. The van der Waals surface area contributed by atoms with Gasteiger partial charge in [-0.1, -0.05) is 26.0 Å². The van der Waals surface area contributed by atoms with Gasteiger partial charge < -0.3 is 14.7 Å². The van der Waals surface area contributed by atoms with Crippen molar-refractivity contribution in [3.05, 3.63) is 36.7 Å². The molecule has 0 saturated carbocycles. The number of hydrogen-bond donors (Lipinski definition) is 1. The number of aromatic hydroxyl groups is 1. The van der Waals surface area contributed by atoms with Crippen LogP contribution in [0, 0.1) is 0 Å². The van der Waals surface area contributed by atoms with Gasteiger partial charge in [0.1, 0.15) is 21.6 Å². The van der Waals surface area contributed by atoms with Crippen LogP contribution in [0.5, 0.6) is 5.75 Å². The zero-order chi connectivity index (χ0) is 19.5. The molecule has 5 rings (SSSR count). The first-order valence-corrected chi connectivity index (χ1v) is 10.1. The summed E-state index contributed by atoms with van der Waals surface area (Å²) < 4.78 is 6.47. The van der Waals surface area contributed by atoms with Crippen LogP contribution in [0.25, 0.3) is 32.0 Å². The summed E-state index contributed by atoms with van der Waals surface area (Å²) in [6.45, 7) is 6.91. The first-order valence-electron chi connectivity index (χ1n) is 9.33. The maximum Gasteiger partial charge on any atom is 0.162 e. The molecule has 4 aromatic rings. The molecule has 144 valence electrons. The maximum absolute atomic E-state index is 9.83. The highest BCUT2D eigenvalue weighted by Crippen LogP contribution is 2.37. The van der Waals surface area contributed by atoms with Crippen molar-refractivity contribution in [1.82, 2.24) is 19.9 Å². The number of hydrogen-bond acceptors (Lipinski definition) is 8. The largest absolute Gasteiger partial charge is 0.508 e. The third-order valence-electron chi connectivity index (χ3n) is 4.35. The Bertz CT molecular complexity index is 1110. The Morgan fingerprint density at radius 1 is 1.04 bits per heavy atom. The molecule has 0 atom stereocenters. The Morgan fingerprint density at radius 3 is 2.61 bits per heavy atom. The standard InChI is InChI=1S/C18H15N5O2S.C2H6/c24-12-3-1-2-11(10-12)16-21-13-14-18(20-5-4-19-14)26-15(13)17(22-16)23-6-8-25-9-7-23;1-2/h1-5,10,24H,6-9H2;1-2H3.